The number of nitrogens with zero attached hydrogens (tertiary/aromatic N) is 2. The molecule has 0 bridgehead atoms. The molecule has 0 aromatic heterocycles. The molecular formula is C18H34N2+2. The topological polar surface area (TPSA) is 0 Å². The fourth-order valence-electron chi connectivity index (χ4n) is 2.33. The van der Waals surface area contributed by atoms with Gasteiger partial charge in [-0.05, 0) is 17.9 Å². The first-order chi connectivity index (χ1) is 9.13. The van der Waals surface area contributed by atoms with Gasteiger partial charge in [0.15, 0.2) is 0 Å². The summed E-state index contributed by atoms with van der Waals surface area (Å²) in [6, 6.07) is 9.24. The Bertz CT molecular complexity index is 398. The van der Waals surface area contributed by atoms with E-state index in [1.54, 1.807) is 0 Å². The molecule has 2 heteroatoms. The number of rotatable bonds is 7. The zero-order chi connectivity index (χ0) is 15.4. The molecule has 0 radical (unpaired) electrons. The van der Waals surface area contributed by atoms with Crippen LogP contribution in [0.15, 0.2) is 24.3 Å². The third kappa shape index (κ3) is 6.06. The third-order valence-corrected chi connectivity index (χ3v) is 4.15. The zero-order valence-electron chi connectivity index (χ0n) is 14.6. The molecule has 1 aromatic carbocycles. The number of hydrogen-bond acceptors (Lipinski definition) is 0. The Hall–Kier alpha value is -0.860. The van der Waals surface area contributed by atoms with Gasteiger partial charge in [0.2, 0.25) is 0 Å². The van der Waals surface area contributed by atoms with E-state index in [9.17, 15) is 0 Å². The summed E-state index contributed by atoms with van der Waals surface area (Å²) >= 11 is 0. The third-order valence-electron chi connectivity index (χ3n) is 4.15. The molecule has 0 amide bonds. The highest BCUT2D eigenvalue weighted by Gasteiger charge is 2.20. The van der Waals surface area contributed by atoms with Gasteiger partial charge in [-0.1, -0.05) is 38.1 Å². The number of quaternary nitrogens is 2. The highest BCUT2D eigenvalue weighted by molar-refractivity contribution is 5.24. The molecule has 0 saturated carbocycles. The maximum atomic E-state index is 2.33. The molecule has 20 heavy (non-hydrogen) atoms. The highest BCUT2D eigenvalue weighted by atomic mass is 15.4. The molecular weight excluding hydrogens is 244 g/mol. The van der Waals surface area contributed by atoms with E-state index in [1.807, 2.05) is 0 Å². The van der Waals surface area contributed by atoms with Crippen molar-refractivity contribution in [3.63, 3.8) is 0 Å². The fraction of sp³-hybridized carbons (Fsp3) is 0.667. The minimum Gasteiger partial charge on any atom is -0.326 e. The van der Waals surface area contributed by atoms with Crippen LogP contribution in [0.1, 0.15) is 37.3 Å². The van der Waals surface area contributed by atoms with Crippen LogP contribution in [-0.2, 0) is 6.54 Å². The Morgan fingerprint density at radius 2 is 1.45 bits per heavy atom. The lowest BCUT2D eigenvalue weighted by atomic mass is 9.97. The van der Waals surface area contributed by atoms with E-state index in [0.717, 1.165) is 15.5 Å². The Labute approximate surface area is 126 Å². The summed E-state index contributed by atoms with van der Waals surface area (Å²) < 4.78 is 2.09. The quantitative estimate of drug-likeness (QED) is 0.670. The molecule has 1 aromatic rings. The molecule has 1 rings (SSSR count). The van der Waals surface area contributed by atoms with Crippen molar-refractivity contribution in [3.8, 4) is 0 Å². The van der Waals surface area contributed by atoms with Crippen molar-refractivity contribution in [1.29, 1.82) is 0 Å². The van der Waals surface area contributed by atoms with Gasteiger partial charge in [0.25, 0.3) is 0 Å². The van der Waals surface area contributed by atoms with Crippen LogP contribution in [-0.4, -0.2) is 57.3 Å². The monoisotopic (exact) mass is 278 g/mol. The predicted octanol–water partition coefficient (Wildman–Crippen LogP) is 3.48. The molecule has 1 unspecified atom stereocenters. The minimum absolute atomic E-state index is 0.671. The van der Waals surface area contributed by atoms with Crippen LogP contribution in [0, 0.1) is 0 Å². The largest absolute Gasteiger partial charge is 0.326 e. The molecule has 1 atom stereocenters. The summed E-state index contributed by atoms with van der Waals surface area (Å²) in [5.74, 6) is 0.671. The van der Waals surface area contributed by atoms with Crippen LogP contribution < -0.4 is 0 Å². The van der Waals surface area contributed by atoms with E-state index in [2.05, 4.69) is 73.4 Å². The summed E-state index contributed by atoms with van der Waals surface area (Å²) in [5, 5.41) is 0. The zero-order valence-corrected chi connectivity index (χ0v) is 14.6. The van der Waals surface area contributed by atoms with E-state index >= 15 is 0 Å². The molecule has 0 fully saturated rings. The average molecular weight is 278 g/mol. The van der Waals surface area contributed by atoms with Gasteiger partial charge in [-0.2, -0.15) is 0 Å². The van der Waals surface area contributed by atoms with Crippen LogP contribution in [0.2, 0.25) is 0 Å². The minimum atomic E-state index is 0.671. The van der Waals surface area contributed by atoms with Gasteiger partial charge in [0.1, 0.15) is 19.6 Å². The Kier molecular flexibility index (Phi) is 5.79. The summed E-state index contributed by atoms with van der Waals surface area (Å²) in [4.78, 5) is 0. The molecule has 0 heterocycles. The molecule has 0 saturated heterocycles. The summed E-state index contributed by atoms with van der Waals surface area (Å²) in [6.45, 7) is 8.08. The van der Waals surface area contributed by atoms with Gasteiger partial charge in [0.05, 0.1) is 35.2 Å². The van der Waals surface area contributed by atoms with E-state index in [4.69, 9.17) is 0 Å². The van der Waals surface area contributed by atoms with E-state index in [-0.39, 0.29) is 0 Å². The van der Waals surface area contributed by atoms with Crippen molar-refractivity contribution >= 4 is 0 Å². The molecule has 0 spiro atoms. The van der Waals surface area contributed by atoms with Gasteiger partial charge in [-0.15, -0.1) is 0 Å². The van der Waals surface area contributed by atoms with Crippen molar-refractivity contribution in [2.75, 3.05) is 48.3 Å². The first kappa shape index (κ1) is 17.2. The lowest BCUT2D eigenvalue weighted by Crippen LogP contribution is -2.48. The van der Waals surface area contributed by atoms with Gasteiger partial charge in [-0.25, -0.2) is 0 Å². The molecule has 114 valence electrons. The molecule has 0 aliphatic rings. The SMILES string of the molecule is CCC(C)c1ccc(C[N+](C)(C)CC[N+](C)(C)C)cc1. The van der Waals surface area contributed by atoms with Crippen LogP contribution in [0.5, 0.6) is 0 Å². The second-order valence-electron chi connectivity index (χ2n) is 7.88. The Morgan fingerprint density at radius 3 is 1.90 bits per heavy atom. The maximum Gasteiger partial charge on any atom is 0.128 e. The van der Waals surface area contributed by atoms with E-state index < -0.39 is 0 Å². The highest BCUT2D eigenvalue weighted by Crippen LogP contribution is 2.20. The van der Waals surface area contributed by atoms with E-state index in [0.29, 0.717) is 5.92 Å². The smallest absolute Gasteiger partial charge is 0.128 e. The van der Waals surface area contributed by atoms with Gasteiger partial charge < -0.3 is 8.97 Å². The molecule has 2 nitrogen and oxygen atoms in total. The maximum absolute atomic E-state index is 2.33. The second-order valence-corrected chi connectivity index (χ2v) is 7.88. The summed E-state index contributed by atoms with van der Waals surface area (Å²) in [7, 11) is 11.5. The van der Waals surface area contributed by atoms with Gasteiger partial charge in [-0.3, -0.25) is 0 Å². The molecule has 0 aliphatic carbocycles. The van der Waals surface area contributed by atoms with Crippen molar-refractivity contribution in [3.05, 3.63) is 35.4 Å². The number of hydrogen-bond donors (Lipinski definition) is 0. The molecule has 0 N–H and O–H groups in total. The predicted molar refractivity (Wildman–Crippen MR) is 88.7 cm³/mol. The second kappa shape index (κ2) is 6.73. The lowest BCUT2D eigenvalue weighted by molar-refractivity contribution is -0.945. The lowest BCUT2D eigenvalue weighted by Gasteiger charge is -2.33. The van der Waals surface area contributed by atoms with Gasteiger partial charge in [0, 0.05) is 5.56 Å². The van der Waals surface area contributed by atoms with E-state index in [1.165, 1.54) is 30.6 Å². The van der Waals surface area contributed by atoms with Crippen molar-refractivity contribution < 1.29 is 8.97 Å². The van der Waals surface area contributed by atoms with Crippen LogP contribution >= 0.6 is 0 Å². The van der Waals surface area contributed by atoms with Crippen molar-refractivity contribution in [2.45, 2.75) is 32.7 Å². The van der Waals surface area contributed by atoms with Crippen LogP contribution in [0.4, 0.5) is 0 Å². The number of benzene rings is 1. The Balaban J connectivity index is 2.63. The normalized spacial score (nSPS) is 14.3. The Morgan fingerprint density at radius 1 is 0.900 bits per heavy atom. The standard InChI is InChI=1S/C18H34N2/c1-8-16(2)18-11-9-17(10-12-18)15-20(6,7)14-13-19(3,4)5/h9-12,16H,8,13-15H2,1-7H3/q+2. The van der Waals surface area contributed by atoms with Crippen molar-refractivity contribution in [2.24, 2.45) is 0 Å². The first-order valence-electron chi connectivity index (χ1n) is 7.84. The first-order valence-corrected chi connectivity index (χ1v) is 7.84. The van der Waals surface area contributed by atoms with Crippen molar-refractivity contribution in [1.82, 2.24) is 0 Å². The van der Waals surface area contributed by atoms with Crippen LogP contribution in [0.25, 0.3) is 0 Å². The van der Waals surface area contributed by atoms with Crippen LogP contribution in [0.3, 0.4) is 0 Å². The van der Waals surface area contributed by atoms with Gasteiger partial charge >= 0.3 is 0 Å². The summed E-state index contributed by atoms with van der Waals surface area (Å²) in [5.41, 5.74) is 2.91. The number of likely N-dealkylation sites (N-methyl/N-ethyl adjacent to an activating group) is 2. The fourth-order valence-corrected chi connectivity index (χ4v) is 2.33. The molecule has 0 aliphatic heterocycles. The average Bonchev–Trinajstić information content (AvgIpc) is 2.35. The summed E-state index contributed by atoms with van der Waals surface area (Å²) in [6.07, 6.45) is 1.21.